The van der Waals surface area contributed by atoms with Crippen molar-refractivity contribution in [2.45, 2.75) is 13.0 Å². The Morgan fingerprint density at radius 3 is 2.82 bits per heavy atom. The molecule has 0 atom stereocenters. The van der Waals surface area contributed by atoms with E-state index < -0.39 is 5.97 Å². The summed E-state index contributed by atoms with van der Waals surface area (Å²) in [5.74, 6) is -0.566. The summed E-state index contributed by atoms with van der Waals surface area (Å²) < 4.78 is 18.2. The molecule has 4 nitrogen and oxygen atoms in total. The molecule has 5 heteroatoms. The van der Waals surface area contributed by atoms with Crippen LogP contribution in [0.2, 0.25) is 0 Å². The summed E-state index contributed by atoms with van der Waals surface area (Å²) in [7, 11) is 3.31. The first kappa shape index (κ1) is 13.4. The number of carbonyl (C=O) groups is 1. The number of hydrogen-bond acceptors (Lipinski definition) is 3. The molecule has 0 spiro atoms. The molecule has 0 saturated carbocycles. The molecule has 1 aromatic rings. The smallest absolute Gasteiger partial charge is 0.304 e. The minimum absolute atomic E-state index is 0.0636. The highest BCUT2D eigenvalue weighted by Gasteiger charge is 2.08. The summed E-state index contributed by atoms with van der Waals surface area (Å²) in [5, 5.41) is 8.56. The zero-order chi connectivity index (χ0) is 12.8. The molecule has 1 N–H and O–H groups in total. The first-order valence-corrected chi connectivity index (χ1v) is 5.25. The molecule has 0 aliphatic rings. The maximum atomic E-state index is 13.1. The molecule has 0 bridgehead atoms. The van der Waals surface area contributed by atoms with Gasteiger partial charge < -0.3 is 14.7 Å². The van der Waals surface area contributed by atoms with Crippen molar-refractivity contribution >= 4 is 5.97 Å². The third-order valence-electron chi connectivity index (χ3n) is 2.39. The van der Waals surface area contributed by atoms with Gasteiger partial charge in [0.05, 0.1) is 13.5 Å². The molecular formula is C12H16FNO3. The number of carboxylic acids is 1. The minimum atomic E-state index is -0.844. The lowest BCUT2D eigenvalue weighted by Crippen LogP contribution is -2.21. The van der Waals surface area contributed by atoms with Gasteiger partial charge in [-0.1, -0.05) is 0 Å². The van der Waals surface area contributed by atoms with Gasteiger partial charge in [0.15, 0.2) is 0 Å². The number of methoxy groups -OCH3 is 1. The van der Waals surface area contributed by atoms with Gasteiger partial charge in [0.1, 0.15) is 11.6 Å². The highest BCUT2D eigenvalue weighted by molar-refractivity contribution is 5.66. The molecule has 0 aromatic heterocycles. The van der Waals surface area contributed by atoms with Crippen molar-refractivity contribution in [3.05, 3.63) is 29.6 Å². The maximum absolute atomic E-state index is 13.1. The number of ether oxygens (including phenoxy) is 1. The standard InChI is InChI=1S/C12H16FNO3/c1-14(6-5-12(15)16)8-9-7-10(13)3-4-11(9)17-2/h3-4,7H,5-6,8H2,1-2H3,(H,15,16). The van der Waals surface area contributed by atoms with E-state index >= 15 is 0 Å². The van der Waals surface area contributed by atoms with Gasteiger partial charge in [0.2, 0.25) is 0 Å². The monoisotopic (exact) mass is 241 g/mol. The van der Waals surface area contributed by atoms with Crippen molar-refractivity contribution < 1.29 is 19.0 Å². The topological polar surface area (TPSA) is 49.8 Å². The first-order chi connectivity index (χ1) is 8.02. The predicted molar refractivity (Wildman–Crippen MR) is 61.5 cm³/mol. The van der Waals surface area contributed by atoms with Crippen molar-refractivity contribution in [2.24, 2.45) is 0 Å². The lowest BCUT2D eigenvalue weighted by atomic mass is 10.2. The van der Waals surface area contributed by atoms with Crippen molar-refractivity contribution in [3.63, 3.8) is 0 Å². The highest BCUT2D eigenvalue weighted by Crippen LogP contribution is 2.20. The minimum Gasteiger partial charge on any atom is -0.496 e. The van der Waals surface area contributed by atoms with E-state index in [0.717, 1.165) is 0 Å². The molecule has 0 heterocycles. The fraction of sp³-hybridized carbons (Fsp3) is 0.417. The molecule has 0 radical (unpaired) electrons. The van der Waals surface area contributed by atoms with Crippen LogP contribution in [-0.4, -0.2) is 36.7 Å². The summed E-state index contributed by atoms with van der Waals surface area (Å²) in [4.78, 5) is 12.2. The molecular weight excluding hydrogens is 225 g/mol. The van der Waals surface area contributed by atoms with E-state index in [2.05, 4.69) is 0 Å². The van der Waals surface area contributed by atoms with Crippen LogP contribution in [0.5, 0.6) is 5.75 Å². The summed E-state index contributed by atoms with van der Waals surface area (Å²) in [5.41, 5.74) is 0.709. The Hall–Kier alpha value is -1.62. The quantitative estimate of drug-likeness (QED) is 0.824. The van der Waals surface area contributed by atoms with Gasteiger partial charge in [-0.15, -0.1) is 0 Å². The van der Waals surface area contributed by atoms with Crippen molar-refractivity contribution in [2.75, 3.05) is 20.7 Å². The Morgan fingerprint density at radius 1 is 1.53 bits per heavy atom. The second-order valence-electron chi connectivity index (χ2n) is 3.84. The Balaban J connectivity index is 2.66. The van der Waals surface area contributed by atoms with Gasteiger partial charge in [-0.3, -0.25) is 4.79 Å². The van der Waals surface area contributed by atoms with Crippen LogP contribution in [0.1, 0.15) is 12.0 Å². The fourth-order valence-corrected chi connectivity index (χ4v) is 1.53. The number of rotatable bonds is 6. The van der Waals surface area contributed by atoms with Gasteiger partial charge in [-0.25, -0.2) is 4.39 Å². The molecule has 0 aliphatic heterocycles. The van der Waals surface area contributed by atoms with Gasteiger partial charge in [-0.2, -0.15) is 0 Å². The van der Waals surface area contributed by atoms with Crippen LogP contribution in [0, 0.1) is 5.82 Å². The van der Waals surface area contributed by atoms with Crippen LogP contribution >= 0.6 is 0 Å². The SMILES string of the molecule is COc1ccc(F)cc1CN(C)CCC(=O)O. The second kappa shape index (κ2) is 6.20. The number of hydrogen-bond donors (Lipinski definition) is 1. The molecule has 17 heavy (non-hydrogen) atoms. The lowest BCUT2D eigenvalue weighted by Gasteiger charge is -2.17. The average molecular weight is 241 g/mol. The summed E-state index contributed by atoms with van der Waals surface area (Å²) in [6, 6.07) is 4.30. The first-order valence-electron chi connectivity index (χ1n) is 5.25. The van der Waals surface area contributed by atoms with Gasteiger partial charge in [0, 0.05) is 18.7 Å². The van der Waals surface area contributed by atoms with E-state index in [9.17, 15) is 9.18 Å². The van der Waals surface area contributed by atoms with E-state index in [4.69, 9.17) is 9.84 Å². The second-order valence-corrected chi connectivity index (χ2v) is 3.84. The lowest BCUT2D eigenvalue weighted by molar-refractivity contribution is -0.137. The molecule has 0 fully saturated rings. The molecule has 1 rings (SSSR count). The predicted octanol–water partition coefficient (Wildman–Crippen LogP) is 1.74. The zero-order valence-electron chi connectivity index (χ0n) is 9.94. The van der Waals surface area contributed by atoms with Crippen LogP contribution in [0.3, 0.4) is 0 Å². The van der Waals surface area contributed by atoms with Crippen LogP contribution < -0.4 is 4.74 Å². The average Bonchev–Trinajstić information content (AvgIpc) is 2.27. The van der Waals surface area contributed by atoms with E-state index in [1.165, 1.54) is 19.2 Å². The maximum Gasteiger partial charge on any atom is 0.304 e. The Kier molecular flexibility index (Phi) is 4.90. The van der Waals surface area contributed by atoms with Crippen molar-refractivity contribution in [3.8, 4) is 5.75 Å². The number of nitrogens with zero attached hydrogens (tertiary/aromatic N) is 1. The van der Waals surface area contributed by atoms with Crippen molar-refractivity contribution in [1.82, 2.24) is 4.90 Å². The number of halogens is 1. The normalized spacial score (nSPS) is 10.6. The number of carboxylic acid groups (broad SMARTS) is 1. The van der Waals surface area contributed by atoms with E-state index in [1.807, 2.05) is 4.90 Å². The zero-order valence-corrected chi connectivity index (χ0v) is 9.94. The van der Waals surface area contributed by atoms with E-state index in [0.29, 0.717) is 24.4 Å². The third-order valence-corrected chi connectivity index (χ3v) is 2.39. The van der Waals surface area contributed by atoms with E-state index in [-0.39, 0.29) is 12.2 Å². The number of aliphatic carboxylic acids is 1. The van der Waals surface area contributed by atoms with Gasteiger partial charge >= 0.3 is 5.97 Å². The Bertz CT molecular complexity index is 395. The molecule has 0 saturated heterocycles. The summed E-state index contributed by atoms with van der Waals surface area (Å²) >= 11 is 0. The molecule has 94 valence electrons. The molecule has 0 unspecified atom stereocenters. The van der Waals surface area contributed by atoms with E-state index in [1.54, 1.807) is 13.1 Å². The largest absolute Gasteiger partial charge is 0.496 e. The molecule has 0 amide bonds. The highest BCUT2D eigenvalue weighted by atomic mass is 19.1. The van der Waals surface area contributed by atoms with Gasteiger partial charge in [0.25, 0.3) is 0 Å². The summed E-state index contributed by atoms with van der Waals surface area (Å²) in [6.45, 7) is 0.864. The van der Waals surface area contributed by atoms with Crippen LogP contribution in [0.15, 0.2) is 18.2 Å². The molecule has 1 aromatic carbocycles. The van der Waals surface area contributed by atoms with Crippen LogP contribution in [-0.2, 0) is 11.3 Å². The molecule has 0 aliphatic carbocycles. The summed E-state index contributed by atoms with van der Waals surface area (Å²) in [6.07, 6.45) is 0.0636. The Labute approximate surface area is 99.6 Å². The third kappa shape index (κ3) is 4.40. The van der Waals surface area contributed by atoms with Gasteiger partial charge in [-0.05, 0) is 25.2 Å². The van der Waals surface area contributed by atoms with Crippen LogP contribution in [0.4, 0.5) is 4.39 Å². The van der Waals surface area contributed by atoms with Crippen LogP contribution in [0.25, 0.3) is 0 Å². The fourth-order valence-electron chi connectivity index (χ4n) is 1.53. The number of benzene rings is 1. The van der Waals surface area contributed by atoms with Crippen molar-refractivity contribution in [1.29, 1.82) is 0 Å². The Morgan fingerprint density at radius 2 is 2.24 bits per heavy atom.